The van der Waals surface area contributed by atoms with Crippen molar-refractivity contribution in [3.05, 3.63) is 11.3 Å². The van der Waals surface area contributed by atoms with Crippen LogP contribution in [0.1, 0.15) is 13.3 Å². The van der Waals surface area contributed by atoms with Gasteiger partial charge in [0, 0.05) is 0 Å². The molecule has 1 aliphatic heterocycles. The van der Waals surface area contributed by atoms with Crippen LogP contribution >= 0.6 is 0 Å². The highest BCUT2D eigenvalue weighted by molar-refractivity contribution is 6.83. The first-order valence-electron chi connectivity index (χ1n) is 4.31. The Morgan fingerprint density at radius 2 is 2.09 bits per heavy atom. The second-order valence-electron chi connectivity index (χ2n) is 4.33. The van der Waals surface area contributed by atoms with Crippen LogP contribution in [-0.4, -0.2) is 20.8 Å². The number of hydrogen-bond donors (Lipinski definition) is 0. The van der Waals surface area contributed by atoms with Crippen LogP contribution in [0.3, 0.4) is 0 Å². The van der Waals surface area contributed by atoms with Crippen molar-refractivity contribution in [2.45, 2.75) is 39.1 Å². The van der Waals surface area contributed by atoms with Crippen molar-refractivity contribution in [2.75, 3.05) is 6.61 Å². The lowest BCUT2D eigenvalue weighted by molar-refractivity contribution is 0.0802. The van der Waals surface area contributed by atoms with Gasteiger partial charge in [-0.1, -0.05) is 30.9 Å². The van der Waals surface area contributed by atoms with Crippen LogP contribution < -0.4 is 0 Å². The van der Waals surface area contributed by atoms with Gasteiger partial charge in [-0.25, -0.2) is 0 Å². The van der Waals surface area contributed by atoms with Crippen molar-refractivity contribution in [2.24, 2.45) is 0 Å². The van der Waals surface area contributed by atoms with E-state index in [1.807, 2.05) is 0 Å². The number of rotatable bonds is 1. The van der Waals surface area contributed by atoms with Crippen LogP contribution in [0.4, 0.5) is 0 Å². The van der Waals surface area contributed by atoms with Crippen molar-refractivity contribution in [1.29, 1.82) is 0 Å². The maximum atomic E-state index is 5.45. The topological polar surface area (TPSA) is 9.23 Å². The van der Waals surface area contributed by atoms with Crippen LogP contribution in [0, 0.1) is 0 Å². The lowest BCUT2D eigenvalue weighted by Gasteiger charge is -2.27. The van der Waals surface area contributed by atoms with Gasteiger partial charge in [-0.2, -0.15) is 0 Å². The van der Waals surface area contributed by atoms with E-state index in [1.54, 1.807) is 5.20 Å². The van der Waals surface area contributed by atoms with Crippen molar-refractivity contribution < 1.29 is 4.74 Å². The first-order valence-corrected chi connectivity index (χ1v) is 7.81. The fraction of sp³-hybridized carbons (Fsp3) is 0.778. The van der Waals surface area contributed by atoms with Gasteiger partial charge in [0.1, 0.15) is 0 Å². The van der Waals surface area contributed by atoms with Crippen LogP contribution in [0.5, 0.6) is 0 Å². The summed E-state index contributed by atoms with van der Waals surface area (Å²) in [6, 6.07) is 0. The van der Waals surface area contributed by atoms with Crippen LogP contribution in [0.15, 0.2) is 11.3 Å². The summed E-state index contributed by atoms with van der Waals surface area (Å²) in [4.78, 5) is 0. The molecule has 0 radical (unpaired) electrons. The number of hydrogen-bond acceptors (Lipinski definition) is 1. The first-order chi connectivity index (χ1) is 5.00. The van der Waals surface area contributed by atoms with Crippen molar-refractivity contribution in [3.8, 4) is 0 Å². The summed E-state index contributed by atoms with van der Waals surface area (Å²) in [6.45, 7) is 10.2. The van der Waals surface area contributed by atoms with E-state index in [9.17, 15) is 0 Å². The van der Waals surface area contributed by atoms with E-state index in [0.29, 0.717) is 6.10 Å². The molecule has 1 rings (SSSR count). The second kappa shape index (κ2) is 3.11. The Labute approximate surface area is 70.5 Å². The highest BCUT2D eigenvalue weighted by Gasteiger charge is 2.23. The first kappa shape index (κ1) is 9.01. The van der Waals surface area contributed by atoms with E-state index in [4.69, 9.17) is 4.74 Å². The fourth-order valence-electron chi connectivity index (χ4n) is 1.38. The van der Waals surface area contributed by atoms with Gasteiger partial charge >= 0.3 is 0 Å². The monoisotopic (exact) mass is 170 g/mol. The molecule has 64 valence electrons. The van der Waals surface area contributed by atoms with Gasteiger partial charge in [0.15, 0.2) is 0 Å². The minimum absolute atomic E-state index is 0.446. The molecule has 0 fully saturated rings. The zero-order chi connectivity index (χ0) is 8.48. The average Bonchev–Trinajstić information content (AvgIpc) is 1.86. The van der Waals surface area contributed by atoms with E-state index in [2.05, 4.69) is 32.6 Å². The third kappa shape index (κ3) is 2.45. The molecule has 11 heavy (non-hydrogen) atoms. The molecule has 1 unspecified atom stereocenters. The Balaban J connectivity index is 2.65. The summed E-state index contributed by atoms with van der Waals surface area (Å²) in [7, 11) is -1.02. The van der Waals surface area contributed by atoms with Gasteiger partial charge in [0.05, 0.1) is 20.8 Å². The number of ether oxygens (including phenoxy) is 1. The average molecular weight is 170 g/mol. The maximum absolute atomic E-state index is 5.45. The van der Waals surface area contributed by atoms with Gasteiger partial charge in [0.25, 0.3) is 0 Å². The molecule has 0 spiro atoms. The predicted octanol–water partition coefficient (Wildman–Crippen LogP) is 2.60. The third-order valence-electron chi connectivity index (χ3n) is 2.18. The Hall–Kier alpha value is -0.0831. The summed E-state index contributed by atoms with van der Waals surface area (Å²) in [5.74, 6) is 0. The van der Waals surface area contributed by atoms with Gasteiger partial charge in [-0.3, -0.25) is 0 Å². The maximum Gasteiger partial charge on any atom is 0.0722 e. The van der Waals surface area contributed by atoms with Crippen molar-refractivity contribution in [3.63, 3.8) is 0 Å². The van der Waals surface area contributed by atoms with Crippen LogP contribution in [0.25, 0.3) is 0 Å². The SMILES string of the molecule is CC1CC([Si](C)(C)C)=CCO1. The van der Waals surface area contributed by atoms with Crippen molar-refractivity contribution >= 4 is 8.07 Å². The Kier molecular flexibility index (Phi) is 2.55. The molecule has 0 bridgehead atoms. The zero-order valence-electron chi connectivity index (χ0n) is 7.98. The van der Waals surface area contributed by atoms with Gasteiger partial charge in [-0.05, 0) is 13.3 Å². The van der Waals surface area contributed by atoms with Gasteiger partial charge in [0.2, 0.25) is 0 Å². The molecular formula is C9H18OSi. The van der Waals surface area contributed by atoms with Gasteiger partial charge in [-0.15, -0.1) is 0 Å². The summed E-state index contributed by atoms with van der Waals surface area (Å²) >= 11 is 0. The Morgan fingerprint density at radius 3 is 2.45 bits per heavy atom. The fourth-order valence-corrected chi connectivity index (χ4v) is 2.97. The minimum Gasteiger partial charge on any atom is -0.374 e. The lowest BCUT2D eigenvalue weighted by atomic mass is 10.2. The Bertz CT molecular complexity index is 167. The molecule has 0 aliphatic carbocycles. The molecule has 1 aliphatic rings. The highest BCUT2D eigenvalue weighted by Crippen LogP contribution is 2.23. The van der Waals surface area contributed by atoms with E-state index in [-0.39, 0.29) is 0 Å². The molecule has 2 heteroatoms. The van der Waals surface area contributed by atoms with Crippen LogP contribution in [0.2, 0.25) is 19.6 Å². The van der Waals surface area contributed by atoms with E-state index < -0.39 is 8.07 Å². The molecule has 0 amide bonds. The molecule has 0 aromatic rings. The molecule has 0 N–H and O–H groups in total. The normalized spacial score (nSPS) is 26.5. The standard InChI is InChI=1S/C9H18OSi/c1-8-7-9(5-6-10-8)11(2,3)4/h5,8H,6-7H2,1-4H3. The quantitative estimate of drug-likeness (QED) is 0.550. The largest absolute Gasteiger partial charge is 0.374 e. The molecule has 0 aromatic carbocycles. The zero-order valence-corrected chi connectivity index (χ0v) is 8.98. The van der Waals surface area contributed by atoms with E-state index in [0.717, 1.165) is 13.0 Å². The van der Waals surface area contributed by atoms with Gasteiger partial charge < -0.3 is 4.74 Å². The molecular weight excluding hydrogens is 152 g/mol. The summed E-state index contributed by atoms with van der Waals surface area (Å²) in [6.07, 6.45) is 3.89. The molecule has 0 saturated heterocycles. The Morgan fingerprint density at radius 1 is 1.45 bits per heavy atom. The van der Waals surface area contributed by atoms with E-state index in [1.165, 1.54) is 0 Å². The third-order valence-corrected chi connectivity index (χ3v) is 4.52. The predicted molar refractivity (Wildman–Crippen MR) is 51.5 cm³/mol. The molecule has 0 saturated carbocycles. The van der Waals surface area contributed by atoms with Crippen LogP contribution in [-0.2, 0) is 4.74 Å². The molecule has 0 aromatic heterocycles. The highest BCUT2D eigenvalue weighted by atomic mass is 28.3. The second-order valence-corrected chi connectivity index (χ2v) is 9.47. The summed E-state index contributed by atoms with van der Waals surface area (Å²) in [5.41, 5.74) is 0. The smallest absolute Gasteiger partial charge is 0.0722 e. The lowest BCUT2D eigenvalue weighted by Crippen LogP contribution is -2.30. The molecule has 1 atom stereocenters. The van der Waals surface area contributed by atoms with E-state index >= 15 is 0 Å². The molecule has 1 nitrogen and oxygen atoms in total. The molecule has 1 heterocycles. The van der Waals surface area contributed by atoms with Crippen molar-refractivity contribution in [1.82, 2.24) is 0 Å². The summed E-state index contributed by atoms with van der Waals surface area (Å²) < 4.78 is 5.45. The summed E-state index contributed by atoms with van der Waals surface area (Å²) in [5, 5.41) is 1.68. The minimum atomic E-state index is -1.02.